The van der Waals surface area contributed by atoms with Gasteiger partial charge in [0.25, 0.3) is 0 Å². The average molecular weight is 500 g/mol. The zero-order valence-electron chi connectivity index (χ0n) is 18.4. The predicted octanol–water partition coefficient (Wildman–Crippen LogP) is 3.70. The average Bonchev–Trinajstić information content (AvgIpc) is 2.69. The van der Waals surface area contributed by atoms with Crippen molar-refractivity contribution in [1.29, 1.82) is 0 Å². The maximum atomic E-state index is 13.3. The second kappa shape index (κ2) is 11.0. The number of halogens is 2. The van der Waals surface area contributed by atoms with Gasteiger partial charge < -0.3 is 10.2 Å². The normalized spacial score (nSPS) is 12.3. The van der Waals surface area contributed by atoms with Crippen LogP contribution in [0, 0.1) is 0 Å². The topological polar surface area (TPSA) is 86.8 Å². The molecule has 0 aliphatic rings. The largest absolute Gasteiger partial charge is 0.352 e. The van der Waals surface area contributed by atoms with Crippen molar-refractivity contribution in [2.24, 2.45) is 0 Å². The summed E-state index contributed by atoms with van der Waals surface area (Å²) < 4.78 is 25.9. The molecular formula is C22H27Cl2N3O4S. The van der Waals surface area contributed by atoms with Crippen molar-refractivity contribution in [1.82, 2.24) is 10.2 Å². The Kier molecular flexibility index (Phi) is 8.95. The number of anilines is 1. The summed E-state index contributed by atoms with van der Waals surface area (Å²) in [6.45, 7) is 4.86. The summed E-state index contributed by atoms with van der Waals surface area (Å²) in [5, 5.41) is 3.72. The molecule has 7 nitrogen and oxygen atoms in total. The fourth-order valence-electron chi connectivity index (χ4n) is 3.04. The van der Waals surface area contributed by atoms with Crippen molar-refractivity contribution >= 4 is 50.7 Å². The van der Waals surface area contributed by atoms with Crippen molar-refractivity contribution in [2.75, 3.05) is 17.1 Å². The van der Waals surface area contributed by atoms with Crippen LogP contribution in [0.4, 0.5) is 5.69 Å². The number of nitrogens with zero attached hydrogens (tertiary/aromatic N) is 2. The summed E-state index contributed by atoms with van der Waals surface area (Å²) in [7, 11) is -3.78. The molecule has 0 radical (unpaired) electrons. The Morgan fingerprint density at radius 1 is 1.00 bits per heavy atom. The van der Waals surface area contributed by atoms with Crippen LogP contribution >= 0.6 is 23.2 Å². The third-order valence-electron chi connectivity index (χ3n) is 4.63. The molecule has 0 saturated carbocycles. The van der Waals surface area contributed by atoms with Gasteiger partial charge in [-0.2, -0.15) is 0 Å². The molecule has 0 aliphatic carbocycles. The molecule has 0 aromatic heterocycles. The number of carbonyl (C=O) groups excluding carboxylic acids is 2. The maximum absolute atomic E-state index is 13.3. The van der Waals surface area contributed by atoms with Crippen LogP contribution in [0.15, 0.2) is 48.5 Å². The molecule has 1 atom stereocenters. The van der Waals surface area contributed by atoms with Gasteiger partial charge in [0.15, 0.2) is 0 Å². The standard InChI is InChI=1S/C22H27Cl2N3O4S/c1-15(2)25-22(29)16(3)26(13-17-6-5-7-19(24)12-17)21(28)14-27(32(4,30)31)20-10-8-18(23)9-11-20/h5-12,15-16H,13-14H2,1-4H3,(H,25,29)/t16-/m0/s1. The first-order valence-corrected chi connectivity index (χ1v) is 12.6. The van der Waals surface area contributed by atoms with E-state index in [0.29, 0.717) is 21.3 Å². The predicted molar refractivity (Wildman–Crippen MR) is 128 cm³/mol. The van der Waals surface area contributed by atoms with Gasteiger partial charge in [0.2, 0.25) is 21.8 Å². The molecular weight excluding hydrogens is 473 g/mol. The van der Waals surface area contributed by atoms with Crippen LogP contribution in [0.5, 0.6) is 0 Å². The molecule has 174 valence electrons. The molecule has 0 fully saturated rings. The second-order valence-corrected chi connectivity index (χ2v) is 10.5. The Morgan fingerprint density at radius 3 is 2.16 bits per heavy atom. The number of carbonyl (C=O) groups is 2. The zero-order chi connectivity index (χ0) is 24.1. The highest BCUT2D eigenvalue weighted by molar-refractivity contribution is 7.92. The van der Waals surface area contributed by atoms with Crippen molar-refractivity contribution in [2.45, 2.75) is 39.4 Å². The van der Waals surface area contributed by atoms with Gasteiger partial charge in [-0.25, -0.2) is 8.42 Å². The van der Waals surface area contributed by atoms with E-state index in [1.807, 2.05) is 13.8 Å². The maximum Gasteiger partial charge on any atom is 0.244 e. The van der Waals surface area contributed by atoms with Gasteiger partial charge in [0.05, 0.1) is 11.9 Å². The molecule has 0 saturated heterocycles. The minimum Gasteiger partial charge on any atom is -0.352 e. The molecule has 2 rings (SSSR count). The van der Waals surface area contributed by atoms with Gasteiger partial charge in [-0.3, -0.25) is 13.9 Å². The van der Waals surface area contributed by atoms with E-state index in [1.54, 1.807) is 43.3 Å². The Labute approximate surface area is 199 Å². The molecule has 0 unspecified atom stereocenters. The van der Waals surface area contributed by atoms with Crippen LogP contribution in [0.3, 0.4) is 0 Å². The van der Waals surface area contributed by atoms with Crippen molar-refractivity contribution in [3.8, 4) is 0 Å². The fraction of sp³-hybridized carbons (Fsp3) is 0.364. The number of sulfonamides is 1. The molecule has 0 heterocycles. The minimum absolute atomic E-state index is 0.0876. The SMILES string of the molecule is CC(C)NC(=O)[C@H](C)N(Cc1cccc(Cl)c1)C(=O)CN(c1ccc(Cl)cc1)S(C)(=O)=O. The number of nitrogens with one attached hydrogen (secondary N) is 1. The van der Waals surface area contributed by atoms with Gasteiger partial charge in [-0.15, -0.1) is 0 Å². The highest BCUT2D eigenvalue weighted by Gasteiger charge is 2.30. The molecule has 10 heteroatoms. The van der Waals surface area contributed by atoms with E-state index in [-0.39, 0.29) is 18.5 Å². The summed E-state index contributed by atoms with van der Waals surface area (Å²) in [6.07, 6.45) is 1.02. The van der Waals surface area contributed by atoms with E-state index in [9.17, 15) is 18.0 Å². The first-order chi connectivity index (χ1) is 14.9. The van der Waals surface area contributed by atoms with E-state index in [1.165, 1.54) is 17.0 Å². The van der Waals surface area contributed by atoms with Crippen LogP contribution in [0.25, 0.3) is 0 Å². The highest BCUT2D eigenvalue weighted by atomic mass is 35.5. The van der Waals surface area contributed by atoms with Gasteiger partial charge in [-0.1, -0.05) is 35.3 Å². The molecule has 32 heavy (non-hydrogen) atoms. The van der Waals surface area contributed by atoms with Gasteiger partial charge in [-0.05, 0) is 62.7 Å². The van der Waals surface area contributed by atoms with Crippen LogP contribution < -0.4 is 9.62 Å². The summed E-state index contributed by atoms with van der Waals surface area (Å²) in [5.74, 6) is -0.871. The van der Waals surface area contributed by atoms with Crippen LogP contribution in [0.2, 0.25) is 10.0 Å². The molecule has 2 aromatic carbocycles. The quantitative estimate of drug-likeness (QED) is 0.569. The summed E-state index contributed by atoms with van der Waals surface area (Å²) in [6, 6.07) is 12.1. The Bertz CT molecular complexity index is 1060. The molecule has 0 aliphatic heterocycles. The second-order valence-electron chi connectivity index (χ2n) is 7.74. The number of benzene rings is 2. The summed E-state index contributed by atoms with van der Waals surface area (Å²) in [4.78, 5) is 27.4. The summed E-state index contributed by atoms with van der Waals surface area (Å²) in [5.41, 5.74) is 1.01. The Morgan fingerprint density at radius 2 is 1.62 bits per heavy atom. The number of amides is 2. The number of rotatable bonds is 9. The van der Waals surface area contributed by atoms with Gasteiger partial charge >= 0.3 is 0 Å². The van der Waals surface area contributed by atoms with E-state index in [4.69, 9.17) is 23.2 Å². The van der Waals surface area contributed by atoms with Crippen LogP contribution in [-0.4, -0.2) is 50.0 Å². The summed E-state index contributed by atoms with van der Waals surface area (Å²) >= 11 is 12.0. The zero-order valence-corrected chi connectivity index (χ0v) is 20.7. The molecule has 2 amide bonds. The lowest BCUT2D eigenvalue weighted by Crippen LogP contribution is -2.52. The highest BCUT2D eigenvalue weighted by Crippen LogP contribution is 2.22. The van der Waals surface area contributed by atoms with Crippen molar-refractivity contribution in [3.05, 3.63) is 64.1 Å². The lowest BCUT2D eigenvalue weighted by atomic mass is 10.1. The van der Waals surface area contributed by atoms with Gasteiger partial charge in [0, 0.05) is 22.6 Å². The molecule has 0 bridgehead atoms. The van der Waals surface area contributed by atoms with E-state index in [0.717, 1.165) is 10.6 Å². The fourth-order valence-corrected chi connectivity index (χ4v) is 4.23. The third kappa shape index (κ3) is 7.39. The Balaban J connectivity index is 2.38. The Hall–Kier alpha value is -2.29. The number of hydrogen-bond donors (Lipinski definition) is 1. The number of hydrogen-bond acceptors (Lipinski definition) is 4. The van der Waals surface area contributed by atoms with E-state index >= 15 is 0 Å². The van der Waals surface area contributed by atoms with Crippen molar-refractivity contribution < 1.29 is 18.0 Å². The van der Waals surface area contributed by atoms with E-state index in [2.05, 4.69) is 5.32 Å². The van der Waals surface area contributed by atoms with E-state index < -0.39 is 28.5 Å². The molecule has 2 aromatic rings. The minimum atomic E-state index is -3.78. The van der Waals surface area contributed by atoms with Crippen LogP contribution in [0.1, 0.15) is 26.3 Å². The smallest absolute Gasteiger partial charge is 0.244 e. The first-order valence-electron chi connectivity index (χ1n) is 9.96. The lowest BCUT2D eigenvalue weighted by molar-refractivity contribution is -0.139. The van der Waals surface area contributed by atoms with Crippen molar-refractivity contribution in [3.63, 3.8) is 0 Å². The molecule has 1 N–H and O–H groups in total. The monoisotopic (exact) mass is 499 g/mol. The lowest BCUT2D eigenvalue weighted by Gasteiger charge is -2.32. The third-order valence-corrected chi connectivity index (χ3v) is 6.26. The van der Waals surface area contributed by atoms with Gasteiger partial charge in [0.1, 0.15) is 12.6 Å². The van der Waals surface area contributed by atoms with Crippen LogP contribution in [-0.2, 0) is 26.2 Å². The first kappa shape index (κ1) is 26.0. The molecule has 0 spiro atoms.